The molecule has 0 saturated heterocycles. The summed E-state index contributed by atoms with van der Waals surface area (Å²) in [5.74, 6) is 1.17. The Balaban J connectivity index is 1.78. The first-order valence-corrected chi connectivity index (χ1v) is 10.4. The van der Waals surface area contributed by atoms with Crippen molar-refractivity contribution in [2.45, 2.75) is 45.6 Å². The van der Waals surface area contributed by atoms with E-state index in [9.17, 15) is 18.9 Å². The highest BCUT2D eigenvalue weighted by Gasteiger charge is 2.22. The Kier molecular flexibility index (Phi) is 5.40. The number of halogens is 3. The number of alkyl halides is 2. The van der Waals surface area contributed by atoms with Crippen LogP contribution in [0.5, 0.6) is 0 Å². The van der Waals surface area contributed by atoms with Gasteiger partial charge in [0.25, 0.3) is 12.1 Å². The number of anilines is 1. The molecule has 4 rings (SSSR count). The van der Waals surface area contributed by atoms with Crippen molar-refractivity contribution in [2.24, 2.45) is 0 Å². The van der Waals surface area contributed by atoms with E-state index in [1.165, 1.54) is 23.3 Å². The van der Waals surface area contributed by atoms with Gasteiger partial charge < -0.3 is 5.32 Å². The fourth-order valence-electron chi connectivity index (χ4n) is 3.97. The summed E-state index contributed by atoms with van der Waals surface area (Å²) in [6.45, 7) is 3.57. The molecule has 0 unspecified atom stereocenters. The zero-order chi connectivity index (χ0) is 21.6. The third-order valence-corrected chi connectivity index (χ3v) is 6.11. The lowest BCUT2D eigenvalue weighted by Gasteiger charge is -2.19. The minimum atomic E-state index is -2.79. The highest BCUT2D eigenvalue weighted by atomic mass is 79.9. The van der Waals surface area contributed by atoms with Gasteiger partial charge in [-0.25, -0.2) is 18.7 Å². The molecule has 30 heavy (non-hydrogen) atoms. The van der Waals surface area contributed by atoms with Crippen molar-refractivity contribution in [3.05, 3.63) is 66.9 Å². The number of rotatable bonds is 5. The maximum Gasteiger partial charge on any atom is 0.270 e. The topological polar surface area (TPSA) is 81.0 Å². The Morgan fingerprint density at radius 3 is 2.53 bits per heavy atom. The second-order valence-corrected chi connectivity index (χ2v) is 8.32. The van der Waals surface area contributed by atoms with Gasteiger partial charge in [-0.1, -0.05) is 15.9 Å². The average molecular weight is 477 g/mol. The number of benzene rings is 2. The Bertz CT molecular complexity index is 1170. The first-order valence-electron chi connectivity index (χ1n) is 9.57. The Morgan fingerprint density at radius 2 is 1.83 bits per heavy atom. The molecule has 3 aromatic rings. The molecule has 1 aliphatic carbocycles. The van der Waals surface area contributed by atoms with Gasteiger partial charge in [0, 0.05) is 27.6 Å². The maximum absolute atomic E-state index is 13.2. The van der Waals surface area contributed by atoms with Crippen LogP contribution < -0.4 is 5.32 Å². The summed E-state index contributed by atoms with van der Waals surface area (Å²) in [5.41, 5.74) is 3.01. The minimum Gasteiger partial charge on any atom is -0.363 e. The van der Waals surface area contributed by atoms with E-state index in [2.05, 4.69) is 31.2 Å². The van der Waals surface area contributed by atoms with Gasteiger partial charge in [-0.15, -0.1) is 0 Å². The van der Waals surface area contributed by atoms with Crippen LogP contribution >= 0.6 is 15.9 Å². The molecule has 9 heteroatoms. The fraction of sp³-hybridized carbons (Fsp3) is 0.333. The zero-order valence-corrected chi connectivity index (χ0v) is 18.0. The lowest BCUT2D eigenvalue weighted by Crippen LogP contribution is -2.11. The van der Waals surface area contributed by atoms with Crippen molar-refractivity contribution in [3.8, 4) is 0 Å². The van der Waals surface area contributed by atoms with E-state index in [0.717, 1.165) is 40.7 Å². The van der Waals surface area contributed by atoms with Crippen molar-refractivity contribution in [1.29, 1.82) is 0 Å². The second-order valence-electron chi connectivity index (χ2n) is 7.47. The molecular weight excluding hydrogens is 458 g/mol. The minimum absolute atomic E-state index is 0.360. The molecule has 1 atom stereocenters. The number of fused-ring (bicyclic) bond motifs is 3. The van der Waals surface area contributed by atoms with Crippen molar-refractivity contribution < 1.29 is 13.7 Å². The van der Waals surface area contributed by atoms with Gasteiger partial charge in [0.1, 0.15) is 11.6 Å². The van der Waals surface area contributed by atoms with E-state index in [-0.39, 0.29) is 11.3 Å². The third kappa shape index (κ3) is 3.74. The molecule has 0 bridgehead atoms. The quantitative estimate of drug-likeness (QED) is 0.349. The average Bonchev–Trinajstić information content (AvgIpc) is 3.19. The van der Waals surface area contributed by atoms with Crippen molar-refractivity contribution >= 4 is 38.3 Å². The summed E-state index contributed by atoms with van der Waals surface area (Å²) in [5, 5.41) is 15.3. The summed E-state index contributed by atoms with van der Waals surface area (Å²) in [4.78, 5) is 19.7. The van der Waals surface area contributed by atoms with Crippen molar-refractivity contribution in [1.82, 2.24) is 9.97 Å². The van der Waals surface area contributed by atoms with Crippen molar-refractivity contribution in [2.75, 3.05) is 5.32 Å². The predicted molar refractivity (Wildman–Crippen MR) is 114 cm³/mol. The lowest BCUT2D eigenvalue weighted by atomic mass is 10.0. The van der Waals surface area contributed by atoms with Gasteiger partial charge >= 0.3 is 0 Å². The molecule has 0 spiro atoms. The van der Waals surface area contributed by atoms with Crippen LogP contribution in [0.3, 0.4) is 0 Å². The highest BCUT2D eigenvalue weighted by molar-refractivity contribution is 9.10. The SMILES string of the molecule is Cc1nc(N[C@H](C)c2cc(C(F)F)cc([N+](=O)[O-])c2)c2cc(Br)c3c(c2n1)CCC3. The number of nitro benzene ring substituents is 1. The van der Waals surface area contributed by atoms with Gasteiger partial charge in [-0.2, -0.15) is 0 Å². The largest absolute Gasteiger partial charge is 0.363 e. The molecule has 156 valence electrons. The third-order valence-electron chi connectivity index (χ3n) is 5.40. The number of non-ortho nitro benzene ring substituents is 1. The number of nitrogens with one attached hydrogen (secondary N) is 1. The van der Waals surface area contributed by atoms with E-state index in [4.69, 9.17) is 0 Å². The molecule has 1 aliphatic rings. The van der Waals surface area contributed by atoms with Crippen LogP contribution in [0, 0.1) is 17.0 Å². The number of aromatic nitrogens is 2. The lowest BCUT2D eigenvalue weighted by molar-refractivity contribution is -0.385. The van der Waals surface area contributed by atoms with E-state index in [0.29, 0.717) is 17.2 Å². The number of aryl methyl sites for hydroxylation is 2. The Hall–Kier alpha value is -2.68. The number of nitrogens with zero attached hydrogens (tertiary/aromatic N) is 3. The first kappa shape index (κ1) is 20.6. The Labute approximate surface area is 180 Å². The van der Waals surface area contributed by atoms with Crippen LogP contribution in [0.1, 0.15) is 53.9 Å². The van der Waals surface area contributed by atoms with E-state index in [1.807, 2.05) is 6.07 Å². The standard InChI is InChI=1S/C21H19BrF2N4O2/c1-10(12-6-13(20(23)24)8-14(7-12)28(29)30)25-21-17-9-18(22)15-4-3-5-16(15)19(17)26-11(2)27-21/h6-10,20H,3-5H2,1-2H3,(H,25,26,27)/t10-/m1/s1. The highest BCUT2D eigenvalue weighted by Crippen LogP contribution is 2.38. The van der Waals surface area contributed by atoms with Gasteiger partial charge in [-0.3, -0.25) is 10.1 Å². The maximum atomic E-state index is 13.2. The molecule has 6 nitrogen and oxygen atoms in total. The molecule has 0 fully saturated rings. The predicted octanol–water partition coefficient (Wildman–Crippen LogP) is 6.21. The molecule has 1 aromatic heterocycles. The van der Waals surface area contributed by atoms with E-state index < -0.39 is 17.4 Å². The first-order chi connectivity index (χ1) is 14.2. The molecule has 0 aliphatic heterocycles. The molecule has 1 heterocycles. The monoisotopic (exact) mass is 476 g/mol. The Morgan fingerprint density at radius 1 is 1.13 bits per heavy atom. The molecule has 0 saturated carbocycles. The van der Waals surface area contributed by atoms with Crippen LogP contribution in [-0.2, 0) is 12.8 Å². The number of hydrogen-bond acceptors (Lipinski definition) is 5. The summed E-state index contributed by atoms with van der Waals surface area (Å²) in [6, 6.07) is 5.01. The smallest absolute Gasteiger partial charge is 0.270 e. The van der Waals surface area contributed by atoms with Gasteiger partial charge in [0.15, 0.2) is 0 Å². The van der Waals surface area contributed by atoms with Crippen molar-refractivity contribution in [3.63, 3.8) is 0 Å². The zero-order valence-electron chi connectivity index (χ0n) is 16.4. The van der Waals surface area contributed by atoms with Gasteiger partial charge in [0.05, 0.1) is 16.5 Å². The fourth-order valence-corrected chi connectivity index (χ4v) is 4.64. The summed E-state index contributed by atoms with van der Waals surface area (Å²) < 4.78 is 27.5. The van der Waals surface area contributed by atoms with E-state index >= 15 is 0 Å². The second kappa shape index (κ2) is 7.86. The van der Waals surface area contributed by atoms with Crippen LogP contribution in [-0.4, -0.2) is 14.9 Å². The van der Waals surface area contributed by atoms with Crippen LogP contribution in [0.4, 0.5) is 20.3 Å². The van der Waals surface area contributed by atoms with Crippen LogP contribution in [0.15, 0.2) is 28.7 Å². The molecule has 0 amide bonds. The molecule has 2 aromatic carbocycles. The summed E-state index contributed by atoms with van der Waals surface area (Å²) >= 11 is 3.64. The van der Waals surface area contributed by atoms with Gasteiger partial charge in [-0.05, 0) is 61.9 Å². The van der Waals surface area contributed by atoms with Crippen LogP contribution in [0.2, 0.25) is 0 Å². The number of hydrogen-bond donors (Lipinski definition) is 1. The van der Waals surface area contributed by atoms with Gasteiger partial charge in [0.2, 0.25) is 0 Å². The summed E-state index contributed by atoms with van der Waals surface area (Å²) in [7, 11) is 0. The normalized spacial score (nSPS) is 14.2. The molecular formula is C21H19BrF2N4O2. The molecule has 0 radical (unpaired) electrons. The number of nitro groups is 1. The summed E-state index contributed by atoms with van der Waals surface area (Å²) in [6.07, 6.45) is 0.216. The van der Waals surface area contributed by atoms with E-state index in [1.54, 1.807) is 13.8 Å². The van der Waals surface area contributed by atoms with Crippen LogP contribution in [0.25, 0.3) is 10.9 Å². The molecule has 1 N–H and O–H groups in total.